The van der Waals surface area contributed by atoms with Gasteiger partial charge in [-0.3, -0.25) is 0 Å². The average molecular weight is 330 g/mol. The van der Waals surface area contributed by atoms with Gasteiger partial charge in [0.1, 0.15) is 12.4 Å². The lowest BCUT2D eigenvalue weighted by molar-refractivity contribution is -0.172. The molecule has 0 atom stereocenters. The van der Waals surface area contributed by atoms with Crippen LogP contribution in [0.3, 0.4) is 0 Å². The van der Waals surface area contributed by atoms with E-state index in [4.69, 9.17) is 0 Å². The molecule has 0 bridgehead atoms. The molecule has 18 heavy (non-hydrogen) atoms. The number of anilines is 1. The minimum atomic E-state index is -4.31. The summed E-state index contributed by atoms with van der Waals surface area (Å²) in [6.45, 7) is 0.581. The summed E-state index contributed by atoms with van der Waals surface area (Å²) in [4.78, 5) is 0. The van der Waals surface area contributed by atoms with E-state index in [-0.39, 0.29) is 19.0 Å². The second-order valence-electron chi connectivity index (χ2n) is 3.68. The van der Waals surface area contributed by atoms with Crippen molar-refractivity contribution in [3.8, 4) is 0 Å². The van der Waals surface area contributed by atoms with Crippen LogP contribution < -0.4 is 5.32 Å². The van der Waals surface area contributed by atoms with Gasteiger partial charge in [-0.15, -0.1) is 0 Å². The predicted octanol–water partition coefficient (Wildman–Crippen LogP) is 3.89. The van der Waals surface area contributed by atoms with E-state index in [2.05, 4.69) is 26.0 Å². The molecule has 0 aliphatic carbocycles. The van der Waals surface area contributed by atoms with Crippen LogP contribution in [0.2, 0.25) is 0 Å². The van der Waals surface area contributed by atoms with Crippen LogP contribution in [0.4, 0.5) is 23.2 Å². The second-order valence-corrected chi connectivity index (χ2v) is 4.53. The fourth-order valence-electron chi connectivity index (χ4n) is 1.28. The molecule has 1 aromatic carbocycles. The maximum Gasteiger partial charge on any atom is 0.411 e. The van der Waals surface area contributed by atoms with E-state index >= 15 is 0 Å². The molecule has 0 aliphatic rings. The van der Waals surface area contributed by atoms with E-state index in [1.54, 1.807) is 6.92 Å². The van der Waals surface area contributed by atoms with Gasteiger partial charge >= 0.3 is 6.18 Å². The molecule has 0 radical (unpaired) electrons. The van der Waals surface area contributed by atoms with Gasteiger partial charge in [-0.05, 0) is 40.5 Å². The zero-order valence-electron chi connectivity index (χ0n) is 9.57. The molecule has 0 aromatic heterocycles. The summed E-state index contributed by atoms with van der Waals surface area (Å²) in [6, 6.07) is 2.87. The summed E-state index contributed by atoms with van der Waals surface area (Å²) in [5.41, 5.74) is 1.32. The Hall–Kier alpha value is -0.820. The molecule has 0 amide bonds. The first-order chi connectivity index (χ1) is 8.29. The highest BCUT2D eigenvalue weighted by Gasteiger charge is 2.27. The van der Waals surface area contributed by atoms with Crippen molar-refractivity contribution >= 4 is 21.6 Å². The van der Waals surface area contributed by atoms with Crippen LogP contribution in [0.1, 0.15) is 5.56 Å². The van der Waals surface area contributed by atoms with Gasteiger partial charge in [0.25, 0.3) is 0 Å². The quantitative estimate of drug-likeness (QED) is 0.653. The molecule has 0 fully saturated rings. The third kappa shape index (κ3) is 5.22. The smallest absolute Gasteiger partial charge is 0.382 e. The summed E-state index contributed by atoms with van der Waals surface area (Å²) in [5, 5.41) is 2.88. The van der Waals surface area contributed by atoms with Crippen molar-refractivity contribution in [2.24, 2.45) is 0 Å². The van der Waals surface area contributed by atoms with E-state index in [1.165, 1.54) is 12.1 Å². The fourth-order valence-corrected chi connectivity index (χ4v) is 1.63. The molecule has 1 N–H and O–H groups in total. The fraction of sp³-hybridized carbons (Fsp3) is 0.455. The molecule has 1 aromatic rings. The molecule has 1 rings (SSSR count). The van der Waals surface area contributed by atoms with Crippen LogP contribution in [0.25, 0.3) is 0 Å². The average Bonchev–Trinajstić information content (AvgIpc) is 2.23. The lowest BCUT2D eigenvalue weighted by Gasteiger charge is -2.11. The number of ether oxygens (including phenoxy) is 1. The standard InChI is InChI=1S/C11H12BrF4NO/c1-7-4-9(13)8(12)5-10(7)17-2-3-18-6-11(14,15)16/h4-5,17H,2-3,6H2,1H3. The Morgan fingerprint density at radius 1 is 1.33 bits per heavy atom. The normalized spacial score (nSPS) is 11.7. The van der Waals surface area contributed by atoms with Crippen molar-refractivity contribution in [3.63, 3.8) is 0 Å². The summed E-state index contributed by atoms with van der Waals surface area (Å²) in [7, 11) is 0. The highest BCUT2D eigenvalue weighted by Crippen LogP contribution is 2.24. The van der Waals surface area contributed by atoms with Crippen molar-refractivity contribution in [1.29, 1.82) is 0 Å². The number of benzene rings is 1. The lowest BCUT2D eigenvalue weighted by atomic mass is 10.2. The van der Waals surface area contributed by atoms with Crippen molar-refractivity contribution in [2.45, 2.75) is 13.1 Å². The van der Waals surface area contributed by atoms with Gasteiger partial charge in [-0.2, -0.15) is 13.2 Å². The van der Waals surface area contributed by atoms with Crippen molar-refractivity contribution in [3.05, 3.63) is 28.0 Å². The first-order valence-electron chi connectivity index (χ1n) is 5.13. The molecule has 0 saturated carbocycles. The Morgan fingerprint density at radius 2 is 2.00 bits per heavy atom. The molecule has 0 heterocycles. The zero-order valence-corrected chi connectivity index (χ0v) is 11.2. The summed E-state index contributed by atoms with van der Waals surface area (Å²) < 4.78 is 53.2. The van der Waals surface area contributed by atoms with Crippen molar-refractivity contribution < 1.29 is 22.3 Å². The zero-order chi connectivity index (χ0) is 13.8. The summed E-state index contributed by atoms with van der Waals surface area (Å²) in [6.07, 6.45) is -4.31. The van der Waals surface area contributed by atoms with E-state index in [0.717, 1.165) is 0 Å². The summed E-state index contributed by atoms with van der Waals surface area (Å²) >= 11 is 3.03. The molecular weight excluding hydrogens is 318 g/mol. The molecule has 0 saturated heterocycles. The van der Waals surface area contributed by atoms with Crippen LogP contribution >= 0.6 is 15.9 Å². The first-order valence-corrected chi connectivity index (χ1v) is 5.93. The summed E-state index contributed by atoms with van der Waals surface area (Å²) in [5.74, 6) is -0.383. The van der Waals surface area contributed by atoms with E-state index < -0.39 is 12.8 Å². The molecule has 102 valence electrons. The maximum absolute atomic E-state index is 13.1. The van der Waals surface area contributed by atoms with Gasteiger partial charge in [0, 0.05) is 12.2 Å². The molecule has 7 heteroatoms. The van der Waals surface area contributed by atoms with Crippen molar-refractivity contribution in [1.82, 2.24) is 0 Å². The van der Waals surface area contributed by atoms with E-state index in [0.29, 0.717) is 15.7 Å². The van der Waals surface area contributed by atoms with E-state index in [1.807, 2.05) is 0 Å². The van der Waals surface area contributed by atoms with Gasteiger partial charge in [0.2, 0.25) is 0 Å². The second kappa shape index (κ2) is 6.38. The Bertz CT molecular complexity index is 409. The van der Waals surface area contributed by atoms with Crippen LogP contribution in [-0.2, 0) is 4.74 Å². The molecule has 0 aliphatic heterocycles. The maximum atomic E-state index is 13.1. The number of hydrogen-bond acceptors (Lipinski definition) is 2. The highest BCUT2D eigenvalue weighted by atomic mass is 79.9. The van der Waals surface area contributed by atoms with E-state index in [9.17, 15) is 17.6 Å². The number of aryl methyl sites for hydroxylation is 1. The van der Waals surface area contributed by atoms with Crippen LogP contribution in [0.5, 0.6) is 0 Å². The highest BCUT2D eigenvalue weighted by molar-refractivity contribution is 9.10. The Labute approximate surface area is 110 Å². The third-order valence-electron chi connectivity index (χ3n) is 2.09. The number of rotatable bonds is 5. The Balaban J connectivity index is 2.38. The van der Waals surface area contributed by atoms with Gasteiger partial charge in [0.15, 0.2) is 0 Å². The van der Waals surface area contributed by atoms with Gasteiger partial charge in [-0.25, -0.2) is 4.39 Å². The van der Waals surface area contributed by atoms with Crippen LogP contribution in [0, 0.1) is 12.7 Å². The molecule has 0 unspecified atom stereocenters. The van der Waals surface area contributed by atoms with Gasteiger partial charge < -0.3 is 10.1 Å². The van der Waals surface area contributed by atoms with Gasteiger partial charge in [0.05, 0.1) is 11.1 Å². The topological polar surface area (TPSA) is 21.3 Å². The van der Waals surface area contributed by atoms with Gasteiger partial charge in [-0.1, -0.05) is 0 Å². The SMILES string of the molecule is Cc1cc(F)c(Br)cc1NCCOCC(F)(F)F. The largest absolute Gasteiger partial charge is 0.411 e. The van der Waals surface area contributed by atoms with Crippen LogP contribution in [-0.4, -0.2) is 25.9 Å². The monoisotopic (exact) mass is 329 g/mol. The number of nitrogens with one attached hydrogen (secondary N) is 1. The first kappa shape index (κ1) is 15.2. The number of hydrogen-bond donors (Lipinski definition) is 1. The minimum absolute atomic E-state index is 0.0755. The minimum Gasteiger partial charge on any atom is -0.382 e. The number of alkyl halides is 3. The lowest BCUT2D eigenvalue weighted by Crippen LogP contribution is -2.20. The molecular formula is C11H12BrF4NO. The van der Waals surface area contributed by atoms with Crippen LogP contribution in [0.15, 0.2) is 16.6 Å². The number of halogens is 5. The van der Waals surface area contributed by atoms with Crippen molar-refractivity contribution in [2.75, 3.05) is 25.1 Å². The Kier molecular flexibility index (Phi) is 5.40. The predicted molar refractivity (Wildman–Crippen MR) is 64.2 cm³/mol. The Morgan fingerprint density at radius 3 is 2.61 bits per heavy atom. The molecule has 0 spiro atoms. The third-order valence-corrected chi connectivity index (χ3v) is 2.70. The molecule has 2 nitrogen and oxygen atoms in total.